The quantitative estimate of drug-likeness (QED) is 0.360. The second-order valence-corrected chi connectivity index (χ2v) is 8.73. The number of carbonyl (C=O) groups is 1. The van der Waals surface area contributed by atoms with Crippen LogP contribution in [0.3, 0.4) is 0 Å². The Bertz CT molecular complexity index is 1370. The van der Waals surface area contributed by atoms with Gasteiger partial charge in [-0.15, -0.1) is 11.8 Å². The first kappa shape index (κ1) is 21.9. The molecular weight excluding hydrogens is 444 g/mol. The highest BCUT2D eigenvalue weighted by molar-refractivity contribution is 7.98. The number of nitrogens with one attached hydrogen (secondary N) is 2. The number of hydrogen-bond donors (Lipinski definition) is 2. The molecule has 6 nitrogen and oxygen atoms in total. The fraction of sp³-hybridized carbons (Fsp3) is 0.125. The van der Waals surface area contributed by atoms with Crippen LogP contribution in [0.25, 0.3) is 5.65 Å². The Morgan fingerprint density at radius 2 is 1.78 bits per heavy atom. The average Bonchev–Trinajstić information content (AvgIpc) is 2.77. The Balaban J connectivity index is 1.48. The van der Waals surface area contributed by atoms with Crippen molar-refractivity contribution in [2.45, 2.75) is 24.5 Å². The van der Waals surface area contributed by atoms with Gasteiger partial charge in [-0.3, -0.25) is 9.20 Å². The largest absolute Gasteiger partial charge is 0.323 e. The molecule has 8 heteroatoms. The lowest BCUT2D eigenvalue weighted by Gasteiger charge is -2.13. The first-order valence-electron chi connectivity index (χ1n) is 9.94. The van der Waals surface area contributed by atoms with Crippen LogP contribution >= 0.6 is 23.4 Å². The zero-order valence-corrected chi connectivity index (χ0v) is 19.1. The maximum absolute atomic E-state index is 12.6. The van der Waals surface area contributed by atoms with Gasteiger partial charge in [-0.1, -0.05) is 35.9 Å². The summed E-state index contributed by atoms with van der Waals surface area (Å²) in [5.41, 5.74) is 4.60. The van der Waals surface area contributed by atoms with E-state index in [1.54, 1.807) is 18.3 Å². The van der Waals surface area contributed by atoms with E-state index in [2.05, 4.69) is 15.6 Å². The third kappa shape index (κ3) is 4.95. The lowest BCUT2D eigenvalue weighted by Crippen LogP contribution is -2.20. The molecule has 2 N–H and O–H groups in total. The standard InChI is InChI=1S/C24H21ClN4O2S/c1-15-6-5-8-19(16(15)2)27-24(31)28-20-7-3-4-9-21(20)32-14-18-12-23(30)29-13-17(25)10-11-22(29)26-18/h3-13H,14H2,1-2H3,(H2,27,28,31). The Labute approximate surface area is 194 Å². The number of carbonyl (C=O) groups excluding carboxylic acids is 1. The highest BCUT2D eigenvalue weighted by Gasteiger charge is 2.10. The normalized spacial score (nSPS) is 10.8. The van der Waals surface area contributed by atoms with Gasteiger partial charge in [0.1, 0.15) is 5.65 Å². The fourth-order valence-corrected chi connectivity index (χ4v) is 4.27. The van der Waals surface area contributed by atoms with Gasteiger partial charge in [0.25, 0.3) is 5.56 Å². The van der Waals surface area contributed by atoms with E-state index in [4.69, 9.17) is 11.6 Å². The summed E-state index contributed by atoms with van der Waals surface area (Å²) < 4.78 is 1.42. The van der Waals surface area contributed by atoms with Gasteiger partial charge in [0.05, 0.1) is 16.4 Å². The number of thioether (sulfide) groups is 1. The van der Waals surface area contributed by atoms with Gasteiger partial charge in [-0.25, -0.2) is 9.78 Å². The monoisotopic (exact) mass is 464 g/mol. The number of nitrogens with zero attached hydrogens (tertiary/aromatic N) is 2. The second kappa shape index (κ2) is 9.46. The molecule has 0 radical (unpaired) electrons. The van der Waals surface area contributed by atoms with Crippen molar-refractivity contribution in [1.82, 2.24) is 9.38 Å². The first-order valence-corrected chi connectivity index (χ1v) is 11.3. The van der Waals surface area contributed by atoms with Crippen LogP contribution in [-0.2, 0) is 5.75 Å². The minimum atomic E-state index is -0.314. The van der Waals surface area contributed by atoms with E-state index < -0.39 is 0 Å². The summed E-state index contributed by atoms with van der Waals surface area (Å²) in [6, 6.07) is 17.9. The Hall–Kier alpha value is -3.29. The lowest BCUT2D eigenvalue weighted by molar-refractivity contribution is 0.262. The molecule has 0 aliphatic carbocycles. The fourth-order valence-electron chi connectivity index (χ4n) is 3.21. The smallest absolute Gasteiger partial charge is 0.307 e. The van der Waals surface area contributed by atoms with Gasteiger partial charge in [0.15, 0.2) is 0 Å². The van der Waals surface area contributed by atoms with Crippen molar-refractivity contribution in [3.8, 4) is 0 Å². The van der Waals surface area contributed by atoms with Crippen molar-refractivity contribution in [1.29, 1.82) is 0 Å². The van der Waals surface area contributed by atoms with Crippen molar-refractivity contribution < 1.29 is 4.79 Å². The molecule has 2 aromatic heterocycles. The molecule has 2 aromatic carbocycles. The van der Waals surface area contributed by atoms with E-state index in [0.29, 0.717) is 27.8 Å². The minimum absolute atomic E-state index is 0.188. The molecule has 0 aliphatic rings. The van der Waals surface area contributed by atoms with Gasteiger partial charge >= 0.3 is 6.03 Å². The van der Waals surface area contributed by atoms with E-state index in [1.165, 1.54) is 22.2 Å². The Morgan fingerprint density at radius 3 is 2.62 bits per heavy atom. The van der Waals surface area contributed by atoms with Crippen molar-refractivity contribution >= 4 is 46.4 Å². The Morgan fingerprint density at radius 1 is 1.03 bits per heavy atom. The molecule has 0 bridgehead atoms. The summed E-state index contributed by atoms with van der Waals surface area (Å²) in [6.45, 7) is 3.98. The molecule has 4 aromatic rings. The second-order valence-electron chi connectivity index (χ2n) is 7.27. The van der Waals surface area contributed by atoms with Crippen LogP contribution < -0.4 is 16.2 Å². The number of amides is 2. The molecule has 0 spiro atoms. The van der Waals surface area contributed by atoms with E-state index in [0.717, 1.165) is 21.7 Å². The molecule has 0 fully saturated rings. The van der Waals surface area contributed by atoms with Crippen LogP contribution in [0.1, 0.15) is 16.8 Å². The summed E-state index contributed by atoms with van der Waals surface area (Å²) in [4.78, 5) is 30.4. The number of hydrogen-bond acceptors (Lipinski definition) is 4. The predicted octanol–water partition coefficient (Wildman–Crippen LogP) is 5.90. The maximum Gasteiger partial charge on any atom is 0.323 e. The number of urea groups is 1. The Kier molecular flexibility index (Phi) is 6.48. The molecule has 162 valence electrons. The van der Waals surface area contributed by atoms with Gasteiger partial charge in [-0.05, 0) is 55.3 Å². The van der Waals surface area contributed by atoms with Crippen LogP contribution in [0.4, 0.5) is 16.2 Å². The number of halogens is 1. The topological polar surface area (TPSA) is 75.5 Å². The van der Waals surface area contributed by atoms with Crippen molar-refractivity contribution in [2.75, 3.05) is 10.6 Å². The molecule has 0 aliphatic heterocycles. The highest BCUT2D eigenvalue weighted by atomic mass is 35.5. The number of benzene rings is 2. The molecule has 0 saturated heterocycles. The molecule has 32 heavy (non-hydrogen) atoms. The van der Waals surface area contributed by atoms with Gasteiger partial charge in [0, 0.05) is 28.6 Å². The number of fused-ring (bicyclic) bond motifs is 1. The van der Waals surface area contributed by atoms with Crippen LogP contribution in [0.2, 0.25) is 5.02 Å². The summed E-state index contributed by atoms with van der Waals surface area (Å²) >= 11 is 7.46. The van der Waals surface area contributed by atoms with Crippen LogP contribution in [0, 0.1) is 13.8 Å². The molecule has 0 atom stereocenters. The van der Waals surface area contributed by atoms with Gasteiger partial charge in [-0.2, -0.15) is 0 Å². The summed E-state index contributed by atoms with van der Waals surface area (Å²) in [5, 5.41) is 6.30. The van der Waals surface area contributed by atoms with Crippen molar-refractivity contribution in [3.63, 3.8) is 0 Å². The number of aromatic nitrogens is 2. The molecule has 4 rings (SSSR count). The molecule has 2 heterocycles. The molecule has 0 saturated carbocycles. The predicted molar refractivity (Wildman–Crippen MR) is 131 cm³/mol. The molecule has 2 amide bonds. The van der Waals surface area contributed by atoms with Gasteiger partial charge < -0.3 is 10.6 Å². The summed E-state index contributed by atoms with van der Waals surface area (Å²) in [6.07, 6.45) is 1.55. The minimum Gasteiger partial charge on any atom is -0.307 e. The zero-order valence-electron chi connectivity index (χ0n) is 17.6. The number of rotatable bonds is 5. The van der Waals surface area contributed by atoms with Crippen molar-refractivity contribution in [3.05, 3.63) is 99.1 Å². The van der Waals surface area contributed by atoms with E-state index >= 15 is 0 Å². The van der Waals surface area contributed by atoms with E-state index in [1.807, 2.05) is 56.3 Å². The summed E-state index contributed by atoms with van der Waals surface area (Å²) in [7, 11) is 0. The van der Waals surface area contributed by atoms with Crippen LogP contribution in [0.5, 0.6) is 0 Å². The average molecular weight is 465 g/mol. The van der Waals surface area contributed by atoms with Crippen molar-refractivity contribution in [2.24, 2.45) is 0 Å². The summed E-state index contributed by atoms with van der Waals surface area (Å²) in [5.74, 6) is 0.478. The SMILES string of the molecule is Cc1cccc(NC(=O)Nc2ccccc2SCc2cc(=O)n3cc(Cl)ccc3n2)c1C. The third-order valence-electron chi connectivity index (χ3n) is 5.04. The molecule has 0 unspecified atom stereocenters. The van der Waals surface area contributed by atoms with Gasteiger partial charge in [0.2, 0.25) is 0 Å². The number of aryl methyl sites for hydroxylation is 1. The third-order valence-corrected chi connectivity index (χ3v) is 6.37. The van der Waals surface area contributed by atoms with E-state index in [-0.39, 0.29) is 11.6 Å². The number of anilines is 2. The number of pyridine rings is 1. The van der Waals surface area contributed by atoms with E-state index in [9.17, 15) is 9.59 Å². The first-order chi connectivity index (χ1) is 15.4. The lowest BCUT2D eigenvalue weighted by atomic mass is 10.1. The molecular formula is C24H21ClN4O2S. The number of para-hydroxylation sites is 1. The van der Waals surface area contributed by atoms with Crippen LogP contribution in [0.15, 0.2) is 76.6 Å². The van der Waals surface area contributed by atoms with Crippen LogP contribution in [-0.4, -0.2) is 15.4 Å². The maximum atomic E-state index is 12.6. The zero-order chi connectivity index (χ0) is 22.7. The highest BCUT2D eigenvalue weighted by Crippen LogP contribution is 2.29.